The number of carbonyl (C=O) groups is 4. The summed E-state index contributed by atoms with van der Waals surface area (Å²) in [5.41, 5.74) is 1.07. The van der Waals surface area contributed by atoms with Gasteiger partial charge in [-0.05, 0) is 37.3 Å². The lowest BCUT2D eigenvalue weighted by Crippen LogP contribution is -2.42. The number of anilines is 1. The molecular formula is C23H23NO7. The summed E-state index contributed by atoms with van der Waals surface area (Å²) in [6, 6.07) is 11.3. The van der Waals surface area contributed by atoms with Gasteiger partial charge in [-0.2, -0.15) is 0 Å². The minimum absolute atomic E-state index is 0.0187. The highest BCUT2D eigenvalue weighted by atomic mass is 16.5. The van der Waals surface area contributed by atoms with E-state index >= 15 is 0 Å². The van der Waals surface area contributed by atoms with Crippen molar-refractivity contribution in [2.45, 2.75) is 19.8 Å². The molecule has 1 aliphatic heterocycles. The molecule has 8 nitrogen and oxygen atoms in total. The maximum atomic E-state index is 12.8. The smallest absolute Gasteiger partial charge is 0.306 e. The second-order valence-electron chi connectivity index (χ2n) is 6.83. The molecule has 0 saturated carbocycles. The summed E-state index contributed by atoms with van der Waals surface area (Å²) in [5.74, 6) is -0.446. The molecule has 8 heteroatoms. The summed E-state index contributed by atoms with van der Waals surface area (Å²) in [7, 11) is 1.51. The SMILES string of the molecule is CCOC(=O)CCC(=O)c1ccc2c(c1)N(CC(=O)c1cccc(OC)c1)C(=O)CO2. The van der Waals surface area contributed by atoms with Gasteiger partial charge in [0.05, 0.1) is 32.4 Å². The summed E-state index contributed by atoms with van der Waals surface area (Å²) < 4.78 is 15.4. The third-order valence-corrected chi connectivity index (χ3v) is 4.78. The molecule has 1 heterocycles. The Kier molecular flexibility index (Phi) is 7.02. The molecule has 2 aromatic carbocycles. The van der Waals surface area contributed by atoms with Crippen LogP contribution in [0.5, 0.6) is 11.5 Å². The van der Waals surface area contributed by atoms with Gasteiger partial charge >= 0.3 is 5.97 Å². The lowest BCUT2D eigenvalue weighted by Gasteiger charge is -2.29. The van der Waals surface area contributed by atoms with Crippen LogP contribution in [0.25, 0.3) is 0 Å². The predicted molar refractivity (Wildman–Crippen MR) is 112 cm³/mol. The molecule has 0 fully saturated rings. The summed E-state index contributed by atoms with van der Waals surface area (Å²) >= 11 is 0. The zero-order valence-electron chi connectivity index (χ0n) is 17.4. The van der Waals surface area contributed by atoms with Crippen LogP contribution in [0.15, 0.2) is 42.5 Å². The van der Waals surface area contributed by atoms with Gasteiger partial charge in [-0.15, -0.1) is 0 Å². The first-order valence-corrected chi connectivity index (χ1v) is 9.86. The fraction of sp³-hybridized carbons (Fsp3) is 0.304. The topological polar surface area (TPSA) is 99.2 Å². The van der Waals surface area contributed by atoms with Crippen molar-refractivity contribution < 1.29 is 33.4 Å². The molecule has 0 radical (unpaired) electrons. The summed E-state index contributed by atoms with van der Waals surface area (Å²) in [4.78, 5) is 50.6. The number of esters is 1. The van der Waals surface area contributed by atoms with Gasteiger partial charge in [0.1, 0.15) is 11.5 Å². The van der Waals surface area contributed by atoms with Crippen molar-refractivity contribution in [1.29, 1.82) is 0 Å². The number of carbonyl (C=O) groups excluding carboxylic acids is 4. The molecule has 0 spiro atoms. The molecule has 0 aromatic heterocycles. The number of Topliss-reactive ketones (excluding diaryl/α,β-unsaturated/α-hetero) is 2. The van der Waals surface area contributed by atoms with Crippen LogP contribution in [0.4, 0.5) is 5.69 Å². The van der Waals surface area contributed by atoms with E-state index in [4.69, 9.17) is 14.2 Å². The maximum Gasteiger partial charge on any atom is 0.306 e. The van der Waals surface area contributed by atoms with Gasteiger partial charge in [0.15, 0.2) is 18.2 Å². The highest BCUT2D eigenvalue weighted by Crippen LogP contribution is 2.33. The molecule has 162 valence electrons. The van der Waals surface area contributed by atoms with Crippen LogP contribution >= 0.6 is 0 Å². The summed E-state index contributed by atoms with van der Waals surface area (Å²) in [6.07, 6.45) is -0.0492. The first kappa shape index (κ1) is 22.0. The third-order valence-electron chi connectivity index (χ3n) is 4.78. The van der Waals surface area contributed by atoms with Crippen LogP contribution in [0.3, 0.4) is 0 Å². The molecule has 0 aliphatic carbocycles. The number of hydrogen-bond acceptors (Lipinski definition) is 7. The van der Waals surface area contributed by atoms with E-state index in [-0.39, 0.29) is 50.1 Å². The normalized spacial score (nSPS) is 12.6. The van der Waals surface area contributed by atoms with E-state index in [1.807, 2.05) is 0 Å². The molecule has 3 rings (SSSR count). The Morgan fingerprint density at radius 3 is 2.55 bits per heavy atom. The van der Waals surface area contributed by atoms with Crippen LogP contribution in [0, 0.1) is 0 Å². The highest BCUT2D eigenvalue weighted by Gasteiger charge is 2.28. The van der Waals surface area contributed by atoms with E-state index < -0.39 is 5.97 Å². The number of nitrogens with zero attached hydrogens (tertiary/aromatic N) is 1. The van der Waals surface area contributed by atoms with E-state index in [9.17, 15) is 19.2 Å². The number of benzene rings is 2. The van der Waals surface area contributed by atoms with E-state index in [0.29, 0.717) is 28.3 Å². The first-order valence-electron chi connectivity index (χ1n) is 9.86. The number of amides is 1. The van der Waals surface area contributed by atoms with Crippen molar-refractivity contribution in [3.8, 4) is 11.5 Å². The fourth-order valence-electron chi connectivity index (χ4n) is 3.17. The van der Waals surface area contributed by atoms with Crippen molar-refractivity contribution in [3.63, 3.8) is 0 Å². The summed E-state index contributed by atoms with van der Waals surface area (Å²) in [5, 5.41) is 0. The Balaban J connectivity index is 1.80. The zero-order valence-corrected chi connectivity index (χ0v) is 17.4. The third kappa shape index (κ3) is 5.28. The molecular weight excluding hydrogens is 402 g/mol. The van der Waals surface area contributed by atoms with Gasteiger partial charge in [0.2, 0.25) is 0 Å². The predicted octanol–water partition coefficient (Wildman–Crippen LogP) is 2.83. The Labute approximate surface area is 179 Å². The fourth-order valence-corrected chi connectivity index (χ4v) is 3.17. The lowest BCUT2D eigenvalue weighted by molar-refractivity contribution is -0.143. The minimum Gasteiger partial charge on any atom is -0.497 e. The van der Waals surface area contributed by atoms with Crippen LogP contribution in [0.2, 0.25) is 0 Å². The van der Waals surface area contributed by atoms with Gasteiger partial charge in [-0.25, -0.2) is 0 Å². The molecule has 0 N–H and O–H groups in total. The molecule has 0 unspecified atom stereocenters. The number of rotatable bonds is 9. The Bertz CT molecular complexity index is 1010. The Morgan fingerprint density at radius 2 is 1.81 bits per heavy atom. The van der Waals surface area contributed by atoms with E-state index in [2.05, 4.69) is 0 Å². The van der Waals surface area contributed by atoms with E-state index in [1.54, 1.807) is 43.3 Å². The van der Waals surface area contributed by atoms with E-state index in [1.165, 1.54) is 18.1 Å². The van der Waals surface area contributed by atoms with Crippen molar-refractivity contribution in [1.82, 2.24) is 0 Å². The molecule has 2 aromatic rings. The van der Waals surface area contributed by atoms with Gasteiger partial charge in [0.25, 0.3) is 5.91 Å². The monoisotopic (exact) mass is 425 g/mol. The Hall–Kier alpha value is -3.68. The zero-order chi connectivity index (χ0) is 22.4. The van der Waals surface area contributed by atoms with Crippen LogP contribution in [-0.4, -0.2) is 50.3 Å². The number of ether oxygens (including phenoxy) is 3. The van der Waals surface area contributed by atoms with Crippen molar-refractivity contribution in [2.75, 3.05) is 31.8 Å². The molecule has 0 bridgehead atoms. The van der Waals surface area contributed by atoms with Crippen molar-refractivity contribution in [2.24, 2.45) is 0 Å². The van der Waals surface area contributed by atoms with E-state index in [0.717, 1.165) is 0 Å². The first-order chi connectivity index (χ1) is 14.9. The summed E-state index contributed by atoms with van der Waals surface area (Å²) in [6.45, 7) is 1.54. The second-order valence-corrected chi connectivity index (χ2v) is 6.83. The minimum atomic E-state index is -0.446. The van der Waals surface area contributed by atoms with Gasteiger partial charge in [-0.3, -0.25) is 24.1 Å². The molecule has 0 atom stereocenters. The standard InChI is InChI=1S/C23H23NO7/c1-3-30-23(28)10-8-19(25)16-7-9-21-18(12-16)24(22(27)14-31-21)13-20(26)15-5-4-6-17(11-15)29-2/h4-7,9,11-12H,3,8,10,13-14H2,1-2H3. The number of ketones is 2. The maximum absolute atomic E-state index is 12.8. The average molecular weight is 425 g/mol. The number of hydrogen-bond donors (Lipinski definition) is 0. The van der Waals surface area contributed by atoms with Crippen LogP contribution in [0.1, 0.15) is 40.5 Å². The average Bonchev–Trinajstić information content (AvgIpc) is 2.79. The Morgan fingerprint density at radius 1 is 1.03 bits per heavy atom. The van der Waals surface area contributed by atoms with Crippen molar-refractivity contribution in [3.05, 3.63) is 53.6 Å². The van der Waals surface area contributed by atoms with Gasteiger partial charge < -0.3 is 14.2 Å². The van der Waals surface area contributed by atoms with Gasteiger partial charge in [0, 0.05) is 17.5 Å². The van der Waals surface area contributed by atoms with Gasteiger partial charge in [-0.1, -0.05) is 12.1 Å². The highest BCUT2D eigenvalue weighted by molar-refractivity contribution is 6.08. The van der Waals surface area contributed by atoms with Crippen molar-refractivity contribution >= 4 is 29.1 Å². The number of methoxy groups -OCH3 is 1. The quantitative estimate of drug-likeness (QED) is 0.450. The molecule has 1 aliphatic rings. The second kappa shape index (κ2) is 9.88. The lowest BCUT2D eigenvalue weighted by atomic mass is 10.0. The molecule has 31 heavy (non-hydrogen) atoms. The molecule has 1 amide bonds. The molecule has 0 saturated heterocycles. The largest absolute Gasteiger partial charge is 0.497 e. The van der Waals surface area contributed by atoms with Crippen LogP contribution < -0.4 is 14.4 Å². The van der Waals surface area contributed by atoms with Crippen LogP contribution in [-0.2, 0) is 14.3 Å². The number of fused-ring (bicyclic) bond motifs is 1.